The molecule has 1 heterocycles. The van der Waals surface area contributed by atoms with Gasteiger partial charge in [0.2, 0.25) is 0 Å². The van der Waals surface area contributed by atoms with Crippen LogP contribution < -0.4 is 4.72 Å². The van der Waals surface area contributed by atoms with Gasteiger partial charge in [-0.1, -0.05) is 6.92 Å². The molecular weight excluding hydrogens is 168 g/mol. The van der Waals surface area contributed by atoms with Gasteiger partial charge in [0.1, 0.15) is 0 Å². The highest BCUT2D eigenvalue weighted by Crippen LogP contribution is 2.05. The van der Waals surface area contributed by atoms with Crippen LogP contribution in [0.1, 0.15) is 13.3 Å². The topological polar surface area (TPSA) is 66.5 Å². The molecule has 1 saturated heterocycles. The van der Waals surface area contributed by atoms with Crippen LogP contribution in [0.3, 0.4) is 0 Å². The second-order valence-electron chi connectivity index (χ2n) is 2.29. The third kappa shape index (κ3) is 1.51. The van der Waals surface area contributed by atoms with Crippen molar-refractivity contribution in [3.63, 3.8) is 0 Å². The molecule has 0 saturated carbocycles. The first-order valence-corrected chi connectivity index (χ1v) is 4.82. The van der Waals surface area contributed by atoms with Crippen LogP contribution in [0.4, 0.5) is 0 Å². The average molecular weight is 178 g/mol. The van der Waals surface area contributed by atoms with Gasteiger partial charge in [-0.25, -0.2) is 4.31 Å². The predicted octanol–water partition coefficient (Wildman–Crippen LogP) is -0.927. The van der Waals surface area contributed by atoms with E-state index in [-0.39, 0.29) is 19.0 Å². The number of rotatable bonds is 2. The molecule has 0 radical (unpaired) electrons. The number of hydrogen-bond donors (Lipinski definition) is 1. The summed E-state index contributed by atoms with van der Waals surface area (Å²) in [7, 11) is -3.46. The Kier molecular flexibility index (Phi) is 2.15. The summed E-state index contributed by atoms with van der Waals surface area (Å²) < 4.78 is 24.9. The van der Waals surface area contributed by atoms with Crippen LogP contribution in [-0.4, -0.2) is 31.7 Å². The Morgan fingerprint density at radius 3 is 2.64 bits per heavy atom. The Morgan fingerprint density at radius 2 is 2.27 bits per heavy atom. The van der Waals surface area contributed by atoms with Crippen molar-refractivity contribution in [2.24, 2.45) is 0 Å². The van der Waals surface area contributed by atoms with Gasteiger partial charge in [0.05, 0.1) is 6.54 Å². The molecule has 0 bridgehead atoms. The molecule has 0 aromatic heterocycles. The van der Waals surface area contributed by atoms with Gasteiger partial charge in [-0.05, 0) is 6.42 Å². The zero-order valence-corrected chi connectivity index (χ0v) is 7.02. The van der Waals surface area contributed by atoms with Crippen molar-refractivity contribution >= 4 is 16.1 Å². The Labute approximate surface area is 65.6 Å². The van der Waals surface area contributed by atoms with Crippen molar-refractivity contribution in [1.82, 2.24) is 9.03 Å². The summed E-state index contributed by atoms with van der Waals surface area (Å²) in [6, 6.07) is 0. The van der Waals surface area contributed by atoms with Crippen LogP contribution in [0.25, 0.3) is 0 Å². The summed E-state index contributed by atoms with van der Waals surface area (Å²) in [5.74, 6) is -0.369. The summed E-state index contributed by atoms with van der Waals surface area (Å²) >= 11 is 0. The van der Waals surface area contributed by atoms with E-state index in [0.717, 1.165) is 4.31 Å². The summed E-state index contributed by atoms with van der Waals surface area (Å²) in [4.78, 5) is 10.9. The van der Waals surface area contributed by atoms with Crippen LogP contribution in [0.15, 0.2) is 0 Å². The molecule has 1 fully saturated rings. The number of nitrogens with zero attached hydrogens (tertiary/aromatic N) is 1. The third-order valence-corrected chi connectivity index (χ3v) is 2.88. The Bertz CT molecular complexity index is 259. The maximum atomic E-state index is 11.0. The van der Waals surface area contributed by atoms with Crippen LogP contribution in [-0.2, 0) is 15.0 Å². The lowest BCUT2D eigenvalue weighted by Crippen LogP contribution is -2.32. The second-order valence-corrected chi connectivity index (χ2v) is 3.97. The number of amides is 1. The minimum absolute atomic E-state index is 0.0949. The fourth-order valence-corrected chi connectivity index (χ4v) is 2.12. The first-order valence-electron chi connectivity index (χ1n) is 3.38. The second kappa shape index (κ2) is 2.78. The van der Waals surface area contributed by atoms with Crippen molar-refractivity contribution < 1.29 is 13.2 Å². The molecule has 0 aliphatic carbocycles. The molecule has 11 heavy (non-hydrogen) atoms. The largest absolute Gasteiger partial charge is 0.304 e. The SMILES string of the molecule is CCCN1C(=O)CNS1(=O)=O. The van der Waals surface area contributed by atoms with Gasteiger partial charge < -0.3 is 0 Å². The van der Waals surface area contributed by atoms with E-state index in [2.05, 4.69) is 4.72 Å². The van der Waals surface area contributed by atoms with Crippen LogP contribution >= 0.6 is 0 Å². The molecule has 0 atom stereocenters. The summed E-state index contributed by atoms with van der Waals surface area (Å²) in [5, 5.41) is 0. The first kappa shape index (κ1) is 8.48. The molecule has 1 amide bonds. The monoisotopic (exact) mass is 178 g/mol. The van der Waals surface area contributed by atoms with Crippen molar-refractivity contribution in [3.8, 4) is 0 Å². The maximum absolute atomic E-state index is 11.0. The number of hydrogen-bond acceptors (Lipinski definition) is 3. The lowest BCUT2D eigenvalue weighted by Gasteiger charge is -2.11. The zero-order chi connectivity index (χ0) is 8.48. The molecule has 0 aromatic rings. The first-order chi connectivity index (χ1) is 5.08. The van der Waals surface area contributed by atoms with Gasteiger partial charge in [0, 0.05) is 6.54 Å². The van der Waals surface area contributed by atoms with E-state index in [0.29, 0.717) is 6.42 Å². The van der Waals surface area contributed by atoms with Gasteiger partial charge in [0.15, 0.2) is 0 Å². The fraction of sp³-hybridized carbons (Fsp3) is 0.800. The molecule has 1 aliphatic heterocycles. The molecule has 5 nitrogen and oxygen atoms in total. The standard InChI is InChI=1S/C5H10N2O3S/c1-2-3-7-5(8)4-6-11(7,9)10/h6H,2-4H2,1H3. The quantitative estimate of drug-likeness (QED) is 0.594. The fourth-order valence-electron chi connectivity index (χ4n) is 0.901. The maximum Gasteiger partial charge on any atom is 0.304 e. The molecule has 0 aromatic carbocycles. The van der Waals surface area contributed by atoms with Gasteiger partial charge in [0.25, 0.3) is 5.91 Å². The van der Waals surface area contributed by atoms with Gasteiger partial charge in [-0.2, -0.15) is 13.1 Å². The van der Waals surface area contributed by atoms with Crippen molar-refractivity contribution in [2.75, 3.05) is 13.1 Å². The average Bonchev–Trinajstić information content (AvgIpc) is 2.16. The summed E-state index contributed by atoms with van der Waals surface area (Å²) in [6.45, 7) is 2.00. The van der Waals surface area contributed by atoms with Crippen LogP contribution in [0.2, 0.25) is 0 Å². The number of carbonyl (C=O) groups is 1. The van der Waals surface area contributed by atoms with E-state index >= 15 is 0 Å². The van der Waals surface area contributed by atoms with Crippen molar-refractivity contribution in [2.45, 2.75) is 13.3 Å². The molecule has 1 rings (SSSR count). The summed E-state index contributed by atoms with van der Waals surface area (Å²) in [6.07, 6.45) is 0.645. The van der Waals surface area contributed by atoms with Crippen molar-refractivity contribution in [1.29, 1.82) is 0 Å². The Morgan fingerprint density at radius 1 is 1.64 bits per heavy atom. The lowest BCUT2D eigenvalue weighted by molar-refractivity contribution is -0.124. The molecule has 64 valence electrons. The van der Waals surface area contributed by atoms with Gasteiger partial charge >= 0.3 is 10.2 Å². The highest BCUT2D eigenvalue weighted by atomic mass is 32.2. The molecule has 1 aliphatic rings. The van der Waals surface area contributed by atoms with Crippen LogP contribution in [0.5, 0.6) is 0 Å². The minimum Gasteiger partial charge on any atom is -0.272 e. The van der Waals surface area contributed by atoms with Gasteiger partial charge in [-0.15, -0.1) is 0 Å². The molecule has 1 N–H and O–H groups in total. The number of nitrogens with one attached hydrogen (secondary N) is 1. The third-order valence-electron chi connectivity index (χ3n) is 1.40. The van der Waals surface area contributed by atoms with E-state index in [1.54, 1.807) is 0 Å². The summed E-state index contributed by atoms with van der Waals surface area (Å²) in [5.41, 5.74) is 0. The highest BCUT2D eigenvalue weighted by Gasteiger charge is 2.33. The normalized spacial score (nSPS) is 22.6. The zero-order valence-electron chi connectivity index (χ0n) is 6.20. The van der Waals surface area contributed by atoms with E-state index in [1.165, 1.54) is 0 Å². The van der Waals surface area contributed by atoms with Crippen LogP contribution in [0, 0.1) is 0 Å². The minimum atomic E-state index is -3.46. The van der Waals surface area contributed by atoms with E-state index < -0.39 is 10.2 Å². The Hall–Kier alpha value is -0.620. The van der Waals surface area contributed by atoms with E-state index in [9.17, 15) is 13.2 Å². The van der Waals surface area contributed by atoms with E-state index in [1.807, 2.05) is 6.92 Å². The molecule has 6 heteroatoms. The molecule has 0 spiro atoms. The van der Waals surface area contributed by atoms with Gasteiger partial charge in [-0.3, -0.25) is 4.79 Å². The Balaban J connectivity index is 2.81. The molecule has 0 unspecified atom stereocenters. The smallest absolute Gasteiger partial charge is 0.272 e. The highest BCUT2D eigenvalue weighted by molar-refractivity contribution is 7.88. The van der Waals surface area contributed by atoms with Crippen molar-refractivity contribution in [3.05, 3.63) is 0 Å². The number of carbonyl (C=O) groups excluding carboxylic acids is 1. The molecular formula is C5H10N2O3S. The predicted molar refractivity (Wildman–Crippen MR) is 38.9 cm³/mol. The van der Waals surface area contributed by atoms with E-state index in [4.69, 9.17) is 0 Å². The lowest BCUT2D eigenvalue weighted by atomic mass is 10.4.